The first-order valence-corrected chi connectivity index (χ1v) is 4.91. The Hall–Kier alpha value is -1.97. The highest BCUT2D eigenvalue weighted by molar-refractivity contribution is 5.94. The molecule has 82 valence electrons. The van der Waals surface area contributed by atoms with E-state index in [-0.39, 0.29) is 11.6 Å². The van der Waals surface area contributed by atoms with Crippen LogP contribution in [0.4, 0.5) is 4.39 Å². The molecule has 2 aromatic rings. The van der Waals surface area contributed by atoms with Crippen LogP contribution in [-0.2, 0) is 0 Å². The van der Waals surface area contributed by atoms with Crippen LogP contribution in [0.3, 0.4) is 0 Å². The lowest BCUT2D eigenvalue weighted by atomic mass is 10.2. The van der Waals surface area contributed by atoms with Gasteiger partial charge in [-0.25, -0.2) is 9.07 Å². The van der Waals surface area contributed by atoms with Crippen molar-refractivity contribution in [2.75, 3.05) is 0 Å². The van der Waals surface area contributed by atoms with Crippen molar-refractivity contribution >= 4 is 5.78 Å². The molecule has 1 heterocycles. The van der Waals surface area contributed by atoms with Crippen molar-refractivity contribution in [3.05, 3.63) is 47.5 Å². The fourth-order valence-corrected chi connectivity index (χ4v) is 1.56. The Kier molecular flexibility index (Phi) is 2.56. The normalized spacial score (nSPS) is 10.4. The van der Waals surface area contributed by atoms with Crippen molar-refractivity contribution in [1.29, 1.82) is 0 Å². The maximum atomic E-state index is 13.0. The lowest BCUT2D eigenvalue weighted by Gasteiger charge is -1.99. The van der Waals surface area contributed by atoms with Gasteiger partial charge in [0, 0.05) is 6.20 Å². The molecule has 2 rings (SSSR count). The van der Waals surface area contributed by atoms with Crippen molar-refractivity contribution in [2.24, 2.45) is 0 Å². The number of benzene rings is 1. The van der Waals surface area contributed by atoms with Crippen LogP contribution in [0.25, 0.3) is 5.69 Å². The molecule has 0 N–H and O–H groups in total. The Balaban J connectivity index is 2.49. The molecule has 1 aromatic carbocycles. The number of hydrogen-bond acceptors (Lipinski definition) is 2. The van der Waals surface area contributed by atoms with Gasteiger partial charge in [0.25, 0.3) is 0 Å². The van der Waals surface area contributed by atoms with Crippen molar-refractivity contribution < 1.29 is 9.18 Å². The van der Waals surface area contributed by atoms with Crippen LogP contribution in [0.15, 0.2) is 30.5 Å². The molecule has 0 fully saturated rings. The second-order valence-corrected chi connectivity index (χ2v) is 3.61. The minimum absolute atomic E-state index is 0.0415. The largest absolute Gasteiger partial charge is 0.294 e. The van der Waals surface area contributed by atoms with Crippen LogP contribution in [0.5, 0.6) is 0 Å². The van der Waals surface area contributed by atoms with Gasteiger partial charge in [0.15, 0.2) is 5.78 Å². The summed E-state index contributed by atoms with van der Waals surface area (Å²) >= 11 is 0. The average molecular weight is 218 g/mol. The van der Waals surface area contributed by atoms with E-state index >= 15 is 0 Å². The number of aryl methyl sites for hydroxylation is 1. The molecule has 0 unspecified atom stereocenters. The van der Waals surface area contributed by atoms with Gasteiger partial charge in [0.2, 0.25) is 0 Å². The smallest absolute Gasteiger partial charge is 0.163 e. The van der Waals surface area contributed by atoms with Gasteiger partial charge in [0.05, 0.1) is 16.9 Å². The number of ketones is 1. The summed E-state index contributed by atoms with van der Waals surface area (Å²) < 4.78 is 14.5. The summed E-state index contributed by atoms with van der Waals surface area (Å²) in [5.41, 5.74) is 1.82. The summed E-state index contributed by atoms with van der Waals surface area (Å²) in [6.07, 6.45) is 1.62. The summed E-state index contributed by atoms with van der Waals surface area (Å²) in [4.78, 5) is 11.3. The predicted octanol–water partition coefficient (Wildman–Crippen LogP) is 2.52. The third-order valence-electron chi connectivity index (χ3n) is 2.35. The van der Waals surface area contributed by atoms with E-state index in [1.165, 1.54) is 23.7 Å². The van der Waals surface area contributed by atoms with Crippen LogP contribution in [-0.4, -0.2) is 15.6 Å². The van der Waals surface area contributed by atoms with Gasteiger partial charge in [-0.3, -0.25) is 4.79 Å². The second-order valence-electron chi connectivity index (χ2n) is 3.61. The van der Waals surface area contributed by atoms with Crippen LogP contribution in [0.1, 0.15) is 23.0 Å². The van der Waals surface area contributed by atoms with E-state index in [9.17, 15) is 9.18 Å². The molecule has 3 nitrogen and oxygen atoms in total. The maximum Gasteiger partial charge on any atom is 0.163 e. The Bertz CT molecular complexity index is 546. The molecule has 0 bridgehead atoms. The van der Waals surface area contributed by atoms with Gasteiger partial charge in [0.1, 0.15) is 5.82 Å². The van der Waals surface area contributed by atoms with Gasteiger partial charge in [-0.2, -0.15) is 5.10 Å². The van der Waals surface area contributed by atoms with E-state index in [4.69, 9.17) is 0 Å². The number of nitrogens with zero attached hydrogens (tertiary/aromatic N) is 2. The predicted molar refractivity (Wildman–Crippen MR) is 58.3 cm³/mol. The molecule has 0 atom stereocenters. The van der Waals surface area contributed by atoms with E-state index in [1.54, 1.807) is 25.3 Å². The van der Waals surface area contributed by atoms with Gasteiger partial charge in [-0.15, -0.1) is 0 Å². The molecule has 0 radical (unpaired) electrons. The SMILES string of the molecule is CC(=O)c1cn(-c2cccc(F)c2)nc1C. The zero-order valence-electron chi connectivity index (χ0n) is 9.07. The van der Waals surface area contributed by atoms with Gasteiger partial charge in [-0.05, 0) is 32.0 Å². The van der Waals surface area contributed by atoms with E-state index in [0.29, 0.717) is 16.9 Å². The third-order valence-corrected chi connectivity index (χ3v) is 2.35. The van der Waals surface area contributed by atoms with Crippen LogP contribution >= 0.6 is 0 Å². The van der Waals surface area contributed by atoms with E-state index in [1.807, 2.05) is 0 Å². The molecule has 0 aliphatic carbocycles. The Labute approximate surface area is 92.5 Å². The molecule has 0 spiro atoms. The molecule has 0 saturated heterocycles. The minimum atomic E-state index is -0.324. The zero-order chi connectivity index (χ0) is 11.7. The van der Waals surface area contributed by atoms with E-state index in [0.717, 1.165) is 0 Å². The van der Waals surface area contributed by atoms with Crippen LogP contribution in [0.2, 0.25) is 0 Å². The summed E-state index contributed by atoms with van der Waals surface area (Å²) in [5, 5.41) is 4.17. The zero-order valence-corrected chi connectivity index (χ0v) is 9.07. The number of halogens is 1. The topological polar surface area (TPSA) is 34.9 Å². The molecule has 4 heteroatoms. The highest BCUT2D eigenvalue weighted by Crippen LogP contribution is 2.13. The number of aromatic nitrogens is 2. The van der Waals surface area contributed by atoms with Crippen LogP contribution in [0, 0.1) is 12.7 Å². The van der Waals surface area contributed by atoms with Gasteiger partial charge >= 0.3 is 0 Å². The Morgan fingerprint density at radius 2 is 2.19 bits per heavy atom. The summed E-state index contributed by atoms with van der Waals surface area (Å²) in [5.74, 6) is -0.366. The first-order valence-electron chi connectivity index (χ1n) is 4.91. The number of carbonyl (C=O) groups excluding carboxylic acids is 1. The molecule has 16 heavy (non-hydrogen) atoms. The molecule has 0 aliphatic rings. The minimum Gasteiger partial charge on any atom is -0.294 e. The first-order chi connectivity index (χ1) is 7.58. The quantitative estimate of drug-likeness (QED) is 0.726. The van der Waals surface area contributed by atoms with Gasteiger partial charge < -0.3 is 0 Å². The number of carbonyl (C=O) groups is 1. The van der Waals surface area contributed by atoms with Crippen LogP contribution < -0.4 is 0 Å². The third kappa shape index (κ3) is 1.86. The first kappa shape index (κ1) is 10.5. The van der Waals surface area contributed by atoms with Gasteiger partial charge in [-0.1, -0.05) is 6.07 Å². The molecular weight excluding hydrogens is 207 g/mol. The van der Waals surface area contributed by atoms with Crippen molar-refractivity contribution in [3.8, 4) is 5.69 Å². The number of hydrogen-bond donors (Lipinski definition) is 0. The van der Waals surface area contributed by atoms with Crippen molar-refractivity contribution in [2.45, 2.75) is 13.8 Å². The molecular formula is C12H11FN2O. The van der Waals surface area contributed by atoms with Crippen molar-refractivity contribution in [3.63, 3.8) is 0 Å². The number of Topliss-reactive ketones (excluding diaryl/α,β-unsaturated/α-hetero) is 1. The van der Waals surface area contributed by atoms with Crippen molar-refractivity contribution in [1.82, 2.24) is 9.78 Å². The standard InChI is InChI=1S/C12H11FN2O/c1-8-12(9(2)16)7-15(14-8)11-5-3-4-10(13)6-11/h3-7H,1-2H3. The number of rotatable bonds is 2. The molecule has 0 saturated carbocycles. The van der Waals surface area contributed by atoms with E-state index in [2.05, 4.69) is 5.10 Å². The highest BCUT2D eigenvalue weighted by atomic mass is 19.1. The second kappa shape index (κ2) is 3.89. The maximum absolute atomic E-state index is 13.0. The fourth-order valence-electron chi connectivity index (χ4n) is 1.56. The summed E-state index contributed by atoms with van der Waals surface area (Å²) in [7, 11) is 0. The highest BCUT2D eigenvalue weighted by Gasteiger charge is 2.10. The summed E-state index contributed by atoms with van der Waals surface area (Å²) in [6, 6.07) is 6.08. The monoisotopic (exact) mass is 218 g/mol. The van der Waals surface area contributed by atoms with E-state index < -0.39 is 0 Å². The molecule has 0 amide bonds. The Morgan fingerprint density at radius 1 is 1.44 bits per heavy atom. The Morgan fingerprint density at radius 3 is 2.75 bits per heavy atom. The lowest BCUT2D eigenvalue weighted by Crippen LogP contribution is -1.95. The lowest BCUT2D eigenvalue weighted by molar-refractivity contribution is 0.101. The summed E-state index contributed by atoms with van der Waals surface area (Å²) in [6.45, 7) is 3.24. The fraction of sp³-hybridized carbons (Fsp3) is 0.167. The molecule has 1 aromatic heterocycles. The average Bonchev–Trinajstić information content (AvgIpc) is 2.60. The molecule has 0 aliphatic heterocycles.